The van der Waals surface area contributed by atoms with Crippen molar-refractivity contribution in [1.82, 2.24) is 5.32 Å². The summed E-state index contributed by atoms with van der Waals surface area (Å²) >= 11 is 5.87. The van der Waals surface area contributed by atoms with Gasteiger partial charge in [0.25, 0.3) is 15.9 Å². The number of hydrogen-bond acceptors (Lipinski definition) is 4. The summed E-state index contributed by atoms with van der Waals surface area (Å²) in [5, 5.41) is 3.29. The zero-order valence-electron chi connectivity index (χ0n) is 15.1. The largest absolute Gasteiger partial charge is 0.476 e. The molecule has 0 aliphatic carbocycles. The summed E-state index contributed by atoms with van der Waals surface area (Å²) in [7, 11) is -3.88. The van der Waals surface area contributed by atoms with Crippen LogP contribution in [0.25, 0.3) is 0 Å². The predicted octanol–water partition coefficient (Wildman–Crippen LogP) is 3.21. The van der Waals surface area contributed by atoms with Crippen LogP contribution >= 0.6 is 11.6 Å². The van der Waals surface area contributed by atoms with Gasteiger partial charge in [-0.05, 0) is 49.7 Å². The van der Waals surface area contributed by atoms with E-state index in [1.807, 2.05) is 13.8 Å². The summed E-state index contributed by atoms with van der Waals surface area (Å²) in [4.78, 5) is 12.7. The van der Waals surface area contributed by atoms with Gasteiger partial charge in [-0.25, -0.2) is 8.42 Å². The fourth-order valence-electron chi connectivity index (χ4n) is 2.74. The van der Waals surface area contributed by atoms with Crippen molar-refractivity contribution in [3.05, 3.63) is 53.6 Å². The van der Waals surface area contributed by atoms with Gasteiger partial charge in [-0.3, -0.25) is 9.10 Å². The number of hydrogen-bond donors (Lipinski definition) is 1. The molecule has 1 amide bonds. The van der Waals surface area contributed by atoms with E-state index in [2.05, 4.69) is 5.32 Å². The minimum atomic E-state index is -3.88. The van der Waals surface area contributed by atoms with Crippen LogP contribution in [-0.4, -0.2) is 33.0 Å². The summed E-state index contributed by atoms with van der Waals surface area (Å²) in [5.74, 6) is 0.0146. The molecular formula is C19H21ClN2O4S. The van der Waals surface area contributed by atoms with Crippen LogP contribution in [0, 0.1) is 0 Å². The van der Waals surface area contributed by atoms with Crippen molar-refractivity contribution in [2.75, 3.05) is 10.8 Å². The molecule has 0 unspecified atom stereocenters. The lowest BCUT2D eigenvalue weighted by molar-refractivity contribution is -0.128. The molecule has 0 saturated heterocycles. The molecule has 0 aromatic heterocycles. The van der Waals surface area contributed by atoms with Crippen LogP contribution in [0.5, 0.6) is 5.75 Å². The van der Waals surface area contributed by atoms with Gasteiger partial charge in [-0.1, -0.05) is 30.7 Å². The number of nitrogens with one attached hydrogen (secondary N) is 1. The Kier molecular flexibility index (Phi) is 5.62. The van der Waals surface area contributed by atoms with Crippen molar-refractivity contribution in [3.63, 3.8) is 0 Å². The average molecular weight is 409 g/mol. The average Bonchev–Trinajstić information content (AvgIpc) is 2.67. The summed E-state index contributed by atoms with van der Waals surface area (Å²) < 4.78 is 33.4. The fraction of sp³-hybridized carbons (Fsp3) is 0.316. The molecule has 2 aromatic rings. The lowest BCUT2D eigenvalue weighted by Crippen LogP contribution is -2.52. The molecule has 6 nitrogen and oxygen atoms in total. The first-order valence-electron chi connectivity index (χ1n) is 8.67. The maximum absolute atomic E-state index is 13.2. The second kappa shape index (κ2) is 7.78. The normalized spacial score (nSPS) is 17.6. The second-order valence-corrected chi connectivity index (χ2v) is 8.68. The standard InChI is InChI=1S/C19H21ClN2O4S/c1-3-13(2)21-19(23)18-12-22(16-6-4-5-7-17(16)26-18)27(24,25)15-10-8-14(20)9-11-15/h4-11,13,18H,3,12H2,1-2H3,(H,21,23)/t13-,18+/m0/s1. The third-order valence-corrected chi connectivity index (χ3v) is 6.48. The molecule has 0 spiro atoms. The first-order chi connectivity index (χ1) is 12.8. The van der Waals surface area contributed by atoms with Gasteiger partial charge in [0.2, 0.25) is 0 Å². The maximum Gasteiger partial charge on any atom is 0.264 e. The summed E-state index contributed by atoms with van der Waals surface area (Å²) in [6, 6.07) is 12.7. The molecule has 1 heterocycles. The first-order valence-corrected chi connectivity index (χ1v) is 10.5. The van der Waals surface area contributed by atoms with E-state index in [4.69, 9.17) is 16.3 Å². The molecule has 2 atom stereocenters. The van der Waals surface area contributed by atoms with Gasteiger partial charge in [-0.15, -0.1) is 0 Å². The van der Waals surface area contributed by atoms with Gasteiger partial charge >= 0.3 is 0 Å². The lowest BCUT2D eigenvalue weighted by Gasteiger charge is -2.35. The molecule has 144 valence electrons. The number of benzene rings is 2. The minimum absolute atomic E-state index is 0.0282. The van der Waals surface area contributed by atoms with Crippen molar-refractivity contribution < 1.29 is 17.9 Å². The Morgan fingerprint density at radius 2 is 1.93 bits per heavy atom. The third-order valence-electron chi connectivity index (χ3n) is 4.43. The highest BCUT2D eigenvalue weighted by atomic mass is 35.5. The minimum Gasteiger partial charge on any atom is -0.476 e. The zero-order chi connectivity index (χ0) is 19.6. The quantitative estimate of drug-likeness (QED) is 0.824. The molecule has 1 N–H and O–H groups in total. The van der Waals surface area contributed by atoms with Gasteiger partial charge in [-0.2, -0.15) is 0 Å². The molecular weight excluding hydrogens is 388 g/mol. The SMILES string of the molecule is CC[C@H](C)NC(=O)[C@H]1CN(S(=O)(=O)c2ccc(Cl)cc2)c2ccccc2O1. The number of ether oxygens (including phenoxy) is 1. The van der Waals surface area contributed by atoms with Crippen LogP contribution in [0.3, 0.4) is 0 Å². The van der Waals surface area contributed by atoms with Crippen LogP contribution in [-0.2, 0) is 14.8 Å². The van der Waals surface area contributed by atoms with E-state index in [1.165, 1.54) is 28.6 Å². The second-order valence-electron chi connectivity index (χ2n) is 6.38. The summed E-state index contributed by atoms with van der Waals surface area (Å²) in [6.45, 7) is 3.74. The number of carbonyl (C=O) groups excluding carboxylic acids is 1. The Balaban J connectivity index is 1.98. The van der Waals surface area contributed by atoms with Crippen LogP contribution in [0.2, 0.25) is 5.02 Å². The van der Waals surface area contributed by atoms with Gasteiger partial charge in [0.1, 0.15) is 5.75 Å². The number of sulfonamides is 1. The van der Waals surface area contributed by atoms with E-state index in [-0.39, 0.29) is 23.4 Å². The highest BCUT2D eigenvalue weighted by Gasteiger charge is 2.37. The molecule has 1 aliphatic heterocycles. The Morgan fingerprint density at radius 3 is 2.59 bits per heavy atom. The van der Waals surface area contributed by atoms with Gasteiger partial charge in [0.05, 0.1) is 17.1 Å². The van der Waals surface area contributed by atoms with E-state index in [9.17, 15) is 13.2 Å². The van der Waals surface area contributed by atoms with Crippen molar-refractivity contribution >= 4 is 33.2 Å². The number of nitrogens with zero attached hydrogens (tertiary/aromatic N) is 1. The molecule has 0 bridgehead atoms. The van der Waals surface area contributed by atoms with Gasteiger partial charge in [0, 0.05) is 11.1 Å². The fourth-order valence-corrected chi connectivity index (χ4v) is 4.34. The van der Waals surface area contributed by atoms with Gasteiger partial charge in [0.15, 0.2) is 6.10 Å². The zero-order valence-corrected chi connectivity index (χ0v) is 16.6. The number of amides is 1. The van der Waals surface area contributed by atoms with E-state index in [1.54, 1.807) is 24.3 Å². The summed E-state index contributed by atoms with van der Waals surface area (Å²) in [5.41, 5.74) is 0.403. The Hall–Kier alpha value is -2.25. The van der Waals surface area contributed by atoms with Crippen molar-refractivity contribution in [2.45, 2.75) is 37.3 Å². The lowest BCUT2D eigenvalue weighted by atomic mass is 10.2. The number of para-hydroxylation sites is 2. The summed E-state index contributed by atoms with van der Waals surface area (Å²) in [6.07, 6.45) is -0.169. The van der Waals surface area contributed by atoms with Crippen molar-refractivity contribution in [1.29, 1.82) is 0 Å². The highest BCUT2D eigenvalue weighted by Crippen LogP contribution is 2.36. The van der Waals surface area contributed by atoms with Crippen LogP contribution < -0.4 is 14.4 Å². The number of carbonyl (C=O) groups is 1. The monoisotopic (exact) mass is 408 g/mol. The molecule has 0 radical (unpaired) electrons. The predicted molar refractivity (Wildman–Crippen MR) is 105 cm³/mol. The molecule has 2 aromatic carbocycles. The molecule has 27 heavy (non-hydrogen) atoms. The number of fused-ring (bicyclic) bond motifs is 1. The molecule has 3 rings (SSSR count). The smallest absolute Gasteiger partial charge is 0.264 e. The number of halogens is 1. The van der Waals surface area contributed by atoms with Crippen molar-refractivity contribution in [3.8, 4) is 5.75 Å². The Morgan fingerprint density at radius 1 is 1.26 bits per heavy atom. The van der Waals surface area contributed by atoms with E-state index >= 15 is 0 Å². The third kappa shape index (κ3) is 4.04. The van der Waals surface area contributed by atoms with E-state index in [0.717, 1.165) is 6.42 Å². The van der Waals surface area contributed by atoms with Crippen LogP contribution in [0.4, 0.5) is 5.69 Å². The number of anilines is 1. The Bertz CT molecular complexity index is 931. The molecule has 0 fully saturated rings. The van der Waals surface area contributed by atoms with E-state index in [0.29, 0.717) is 16.5 Å². The Labute approximate surface area is 164 Å². The number of rotatable bonds is 5. The first kappa shape index (κ1) is 19.5. The molecule has 1 aliphatic rings. The van der Waals surface area contributed by atoms with Crippen LogP contribution in [0.15, 0.2) is 53.4 Å². The van der Waals surface area contributed by atoms with Gasteiger partial charge < -0.3 is 10.1 Å². The maximum atomic E-state index is 13.2. The topological polar surface area (TPSA) is 75.7 Å². The highest BCUT2D eigenvalue weighted by molar-refractivity contribution is 7.92. The van der Waals surface area contributed by atoms with E-state index < -0.39 is 16.1 Å². The molecule has 0 saturated carbocycles. The van der Waals surface area contributed by atoms with Crippen LogP contribution in [0.1, 0.15) is 20.3 Å². The van der Waals surface area contributed by atoms with Crippen molar-refractivity contribution in [2.24, 2.45) is 0 Å². The molecule has 8 heteroatoms.